The monoisotopic (exact) mass is 482 g/mol. The molecule has 0 aromatic heterocycles. The summed E-state index contributed by atoms with van der Waals surface area (Å²) < 4.78 is 5.83. The van der Waals surface area contributed by atoms with Crippen molar-refractivity contribution in [1.82, 2.24) is 5.32 Å². The van der Waals surface area contributed by atoms with E-state index in [0.717, 1.165) is 11.3 Å². The molecule has 5 heteroatoms. The van der Waals surface area contributed by atoms with E-state index >= 15 is 0 Å². The molecular formula is C30H27ClN2O2. The molecule has 3 aromatic carbocycles. The average Bonchev–Trinajstić information content (AvgIpc) is 2.87. The van der Waals surface area contributed by atoms with Crippen LogP contribution >= 0.6 is 11.6 Å². The summed E-state index contributed by atoms with van der Waals surface area (Å²) in [5, 5.41) is 13.6. The zero-order valence-electron chi connectivity index (χ0n) is 19.8. The Hall–Kier alpha value is -3.81. The number of rotatable bonds is 7. The zero-order valence-corrected chi connectivity index (χ0v) is 20.5. The van der Waals surface area contributed by atoms with Crippen molar-refractivity contribution >= 4 is 17.6 Å². The zero-order chi connectivity index (χ0) is 24.8. The second-order valence-corrected chi connectivity index (χ2v) is 9.04. The molecule has 4 rings (SSSR count). The molecule has 35 heavy (non-hydrogen) atoms. The molecule has 1 atom stereocenters. The van der Waals surface area contributed by atoms with Gasteiger partial charge >= 0.3 is 5.97 Å². The molecule has 3 aromatic rings. The van der Waals surface area contributed by atoms with E-state index in [1.165, 1.54) is 11.1 Å². The van der Waals surface area contributed by atoms with E-state index in [0.29, 0.717) is 28.3 Å². The summed E-state index contributed by atoms with van der Waals surface area (Å²) in [6.07, 6.45) is 0.640. The number of hydrogen-bond acceptors (Lipinski definition) is 4. The number of ether oxygens (including phenoxy) is 1. The minimum atomic E-state index is -0.536. The van der Waals surface area contributed by atoms with Crippen molar-refractivity contribution in [3.05, 3.63) is 129 Å². The molecule has 0 radical (unpaired) electrons. The van der Waals surface area contributed by atoms with Crippen LogP contribution in [0.2, 0.25) is 5.02 Å². The van der Waals surface area contributed by atoms with Gasteiger partial charge in [-0.2, -0.15) is 5.26 Å². The van der Waals surface area contributed by atoms with Crippen molar-refractivity contribution in [2.45, 2.75) is 32.1 Å². The summed E-state index contributed by atoms with van der Waals surface area (Å²) in [5.74, 6) is -0.864. The molecule has 0 saturated heterocycles. The molecule has 0 amide bonds. The fourth-order valence-corrected chi connectivity index (χ4v) is 4.87. The first-order valence-corrected chi connectivity index (χ1v) is 12.0. The molecule has 0 spiro atoms. The smallest absolute Gasteiger partial charge is 0.336 e. The second-order valence-electron chi connectivity index (χ2n) is 8.60. The minimum absolute atomic E-state index is 0.102. The summed E-state index contributed by atoms with van der Waals surface area (Å²) in [7, 11) is 0. The highest BCUT2D eigenvalue weighted by Crippen LogP contribution is 2.39. The lowest BCUT2D eigenvalue weighted by Crippen LogP contribution is -2.29. The number of benzene rings is 3. The largest absolute Gasteiger partial charge is 0.462 e. The van der Waals surface area contributed by atoms with Gasteiger partial charge in [-0.3, -0.25) is 0 Å². The third-order valence-electron chi connectivity index (χ3n) is 6.33. The Labute approximate surface area is 211 Å². The molecule has 4 nitrogen and oxygen atoms in total. The highest BCUT2D eigenvalue weighted by molar-refractivity contribution is 6.30. The first kappa shape index (κ1) is 24.3. The van der Waals surface area contributed by atoms with Crippen LogP contribution in [0.3, 0.4) is 0 Å². The Kier molecular flexibility index (Phi) is 7.70. The van der Waals surface area contributed by atoms with Crippen molar-refractivity contribution in [3.8, 4) is 6.07 Å². The van der Waals surface area contributed by atoms with Crippen LogP contribution in [0.5, 0.6) is 0 Å². The maximum Gasteiger partial charge on any atom is 0.336 e. The lowest BCUT2D eigenvalue weighted by atomic mass is 9.81. The van der Waals surface area contributed by atoms with Crippen molar-refractivity contribution in [1.29, 1.82) is 5.26 Å². The Bertz CT molecular complexity index is 1270. The van der Waals surface area contributed by atoms with Crippen molar-refractivity contribution < 1.29 is 9.53 Å². The molecule has 1 unspecified atom stereocenters. The lowest BCUT2D eigenvalue weighted by Gasteiger charge is -2.29. The first-order valence-electron chi connectivity index (χ1n) is 11.6. The molecular weight excluding hydrogens is 456 g/mol. The van der Waals surface area contributed by atoms with Crippen LogP contribution in [-0.2, 0) is 9.53 Å². The van der Waals surface area contributed by atoms with Gasteiger partial charge in [-0.05, 0) is 49.1 Å². The summed E-state index contributed by atoms with van der Waals surface area (Å²) >= 11 is 6.24. The number of esters is 1. The van der Waals surface area contributed by atoms with Crippen LogP contribution in [0, 0.1) is 11.3 Å². The van der Waals surface area contributed by atoms with E-state index in [2.05, 4.69) is 35.7 Å². The van der Waals surface area contributed by atoms with Crippen LogP contribution < -0.4 is 5.32 Å². The maximum atomic E-state index is 13.4. The number of dihydropyridines is 1. The van der Waals surface area contributed by atoms with E-state index in [-0.39, 0.29) is 12.5 Å². The molecule has 176 valence electrons. The number of carbonyl (C=O) groups is 1. The predicted octanol–water partition coefficient (Wildman–Crippen LogP) is 6.86. The number of nitrogens with zero attached hydrogens (tertiary/aromatic N) is 1. The number of hydrogen-bond donors (Lipinski definition) is 1. The standard InChI is InChI=1S/C30H27ClN2O2/c1-20-27(19-32)29(24-14-9-15-25(31)18-24)28(21(2)33-20)30(34)35-17-16-26(22-10-5-3-6-11-22)23-12-7-4-8-13-23/h3-15,18,26,29,33H,16-17H2,1-2H3. The van der Waals surface area contributed by atoms with Gasteiger partial charge in [0.05, 0.1) is 29.7 Å². The highest BCUT2D eigenvalue weighted by Gasteiger charge is 2.34. The summed E-state index contributed by atoms with van der Waals surface area (Å²) in [6, 6.07) is 30.0. The van der Waals surface area contributed by atoms with Crippen LogP contribution in [0.1, 0.15) is 48.8 Å². The van der Waals surface area contributed by atoms with E-state index in [4.69, 9.17) is 16.3 Å². The maximum absolute atomic E-state index is 13.4. The fraction of sp³-hybridized carbons (Fsp3) is 0.200. The SMILES string of the molecule is CC1=C(C#N)C(c2cccc(Cl)c2)C(C(=O)OCCC(c2ccccc2)c2ccccc2)=C(C)N1. The van der Waals surface area contributed by atoms with E-state index in [1.807, 2.05) is 62.4 Å². The summed E-state index contributed by atoms with van der Waals surface area (Å²) in [4.78, 5) is 13.4. The van der Waals surface area contributed by atoms with E-state index < -0.39 is 11.9 Å². The molecule has 1 heterocycles. The quantitative estimate of drug-likeness (QED) is 0.373. The number of carbonyl (C=O) groups excluding carboxylic acids is 1. The minimum Gasteiger partial charge on any atom is -0.462 e. The molecule has 1 N–H and O–H groups in total. The molecule has 0 saturated carbocycles. The van der Waals surface area contributed by atoms with E-state index in [9.17, 15) is 10.1 Å². The van der Waals surface area contributed by atoms with Gasteiger partial charge in [0.25, 0.3) is 0 Å². The highest BCUT2D eigenvalue weighted by atomic mass is 35.5. The van der Waals surface area contributed by atoms with Gasteiger partial charge in [0.15, 0.2) is 0 Å². The number of halogens is 1. The van der Waals surface area contributed by atoms with Crippen LogP contribution in [0.15, 0.2) is 107 Å². The normalized spacial score (nSPS) is 15.6. The predicted molar refractivity (Wildman–Crippen MR) is 139 cm³/mol. The molecule has 1 aliphatic rings. The van der Waals surface area contributed by atoms with Gasteiger partial charge in [-0.1, -0.05) is 84.4 Å². The Morgan fingerprint density at radius 3 is 2.17 bits per heavy atom. The second kappa shape index (κ2) is 11.1. The number of allylic oxidation sites excluding steroid dienone is 3. The van der Waals surface area contributed by atoms with Gasteiger partial charge in [-0.25, -0.2) is 4.79 Å². The molecule has 0 aliphatic carbocycles. The van der Waals surface area contributed by atoms with Gasteiger partial charge in [0.1, 0.15) is 0 Å². The Morgan fingerprint density at radius 2 is 1.60 bits per heavy atom. The summed E-state index contributed by atoms with van der Waals surface area (Å²) in [5.41, 5.74) is 5.45. The molecule has 1 aliphatic heterocycles. The van der Waals surface area contributed by atoms with Crippen molar-refractivity contribution in [3.63, 3.8) is 0 Å². The topological polar surface area (TPSA) is 62.1 Å². The van der Waals surface area contributed by atoms with Crippen LogP contribution in [-0.4, -0.2) is 12.6 Å². The fourth-order valence-electron chi connectivity index (χ4n) is 4.68. The third kappa shape index (κ3) is 5.48. The summed E-state index contributed by atoms with van der Waals surface area (Å²) in [6.45, 7) is 3.92. The van der Waals surface area contributed by atoms with Gasteiger partial charge in [-0.15, -0.1) is 0 Å². The third-order valence-corrected chi connectivity index (χ3v) is 6.56. The molecule has 0 bridgehead atoms. The molecule has 0 fully saturated rings. The Morgan fingerprint density at radius 1 is 0.971 bits per heavy atom. The van der Waals surface area contributed by atoms with Gasteiger partial charge < -0.3 is 10.1 Å². The average molecular weight is 483 g/mol. The van der Waals surface area contributed by atoms with Crippen LogP contribution in [0.25, 0.3) is 0 Å². The van der Waals surface area contributed by atoms with Gasteiger partial charge in [0, 0.05) is 22.3 Å². The van der Waals surface area contributed by atoms with Gasteiger partial charge in [0.2, 0.25) is 0 Å². The van der Waals surface area contributed by atoms with Crippen molar-refractivity contribution in [2.75, 3.05) is 6.61 Å². The van der Waals surface area contributed by atoms with Crippen LogP contribution in [0.4, 0.5) is 0 Å². The van der Waals surface area contributed by atoms with Crippen molar-refractivity contribution in [2.24, 2.45) is 0 Å². The Balaban J connectivity index is 1.57. The number of nitrogens with one attached hydrogen (secondary N) is 1. The first-order chi connectivity index (χ1) is 17.0. The number of nitriles is 1. The lowest BCUT2D eigenvalue weighted by molar-refractivity contribution is -0.139. The van der Waals surface area contributed by atoms with E-state index in [1.54, 1.807) is 12.1 Å².